The van der Waals surface area contributed by atoms with E-state index in [0.29, 0.717) is 17.4 Å². The van der Waals surface area contributed by atoms with Crippen LogP contribution in [-0.4, -0.2) is 30.5 Å². The van der Waals surface area contributed by atoms with Crippen LogP contribution in [0.15, 0.2) is 59.0 Å². The number of fused-ring (bicyclic) bond motifs is 2. The predicted octanol–water partition coefficient (Wildman–Crippen LogP) is 3.80. The first-order valence-corrected chi connectivity index (χ1v) is 9.05. The average molecular weight is 384 g/mol. The molecule has 8 nitrogen and oxygen atoms in total. The molecule has 2 aromatic carbocycles. The molecule has 1 N–H and O–H groups in total. The van der Waals surface area contributed by atoms with Crippen LogP contribution in [0.4, 0.5) is 5.69 Å². The Labute approximate surface area is 165 Å². The summed E-state index contributed by atoms with van der Waals surface area (Å²) in [5.74, 6) is 0.596. The van der Waals surface area contributed by atoms with Crippen LogP contribution in [0, 0.1) is 13.8 Å². The van der Waals surface area contributed by atoms with E-state index in [2.05, 4.69) is 25.4 Å². The van der Waals surface area contributed by atoms with Crippen molar-refractivity contribution in [3.63, 3.8) is 0 Å². The summed E-state index contributed by atoms with van der Waals surface area (Å²) in [7, 11) is 0. The monoisotopic (exact) mass is 384 g/mol. The number of nitrogens with one attached hydrogen (secondary N) is 1. The lowest BCUT2D eigenvalue weighted by molar-refractivity contribution is 0.101. The van der Waals surface area contributed by atoms with Crippen molar-refractivity contribution >= 4 is 28.5 Å². The number of para-hydroxylation sites is 2. The summed E-state index contributed by atoms with van der Waals surface area (Å²) >= 11 is 0. The van der Waals surface area contributed by atoms with Gasteiger partial charge in [0.25, 0.3) is 11.7 Å². The van der Waals surface area contributed by atoms with Gasteiger partial charge in [-0.05, 0) is 56.3 Å². The van der Waals surface area contributed by atoms with E-state index in [0.717, 1.165) is 28.1 Å². The first kappa shape index (κ1) is 17.1. The van der Waals surface area contributed by atoms with Crippen molar-refractivity contribution < 1.29 is 9.21 Å². The fourth-order valence-electron chi connectivity index (χ4n) is 3.14. The molecule has 0 saturated heterocycles. The molecule has 0 radical (unpaired) electrons. The summed E-state index contributed by atoms with van der Waals surface area (Å²) in [6, 6.07) is 16.7. The number of hydrogen-bond donors (Lipinski definition) is 1. The number of rotatable bonds is 3. The molecule has 3 aromatic heterocycles. The van der Waals surface area contributed by atoms with Gasteiger partial charge in [0.15, 0.2) is 5.58 Å². The molecule has 5 aromatic rings. The lowest BCUT2D eigenvalue weighted by Gasteiger charge is -2.03. The largest absolute Gasteiger partial charge is 0.436 e. The summed E-state index contributed by atoms with van der Waals surface area (Å²) in [5, 5.41) is 7.05. The number of aromatic nitrogens is 5. The molecule has 8 heteroatoms. The topological polar surface area (TPSA) is 98.2 Å². The van der Waals surface area contributed by atoms with Gasteiger partial charge in [0.2, 0.25) is 11.7 Å². The van der Waals surface area contributed by atoms with E-state index in [1.807, 2.05) is 56.3 Å². The second kappa shape index (κ2) is 6.52. The third-order valence-electron chi connectivity index (χ3n) is 4.50. The van der Waals surface area contributed by atoms with Gasteiger partial charge >= 0.3 is 0 Å². The van der Waals surface area contributed by atoms with Crippen molar-refractivity contribution in [3.8, 4) is 11.5 Å². The summed E-state index contributed by atoms with van der Waals surface area (Å²) < 4.78 is 7.32. The van der Waals surface area contributed by atoms with Crippen molar-refractivity contribution in [2.24, 2.45) is 0 Å². The number of oxazole rings is 1. The lowest BCUT2D eigenvalue weighted by Crippen LogP contribution is -2.14. The molecule has 29 heavy (non-hydrogen) atoms. The van der Waals surface area contributed by atoms with E-state index < -0.39 is 5.91 Å². The quantitative estimate of drug-likeness (QED) is 0.508. The summed E-state index contributed by atoms with van der Waals surface area (Å²) in [4.78, 5) is 25.5. The molecule has 5 rings (SSSR count). The maximum Gasteiger partial charge on any atom is 0.295 e. The van der Waals surface area contributed by atoms with E-state index >= 15 is 0 Å². The van der Waals surface area contributed by atoms with Gasteiger partial charge in [0.1, 0.15) is 5.52 Å². The second-order valence-electron chi connectivity index (χ2n) is 6.70. The molecule has 0 unspecified atom stereocenters. The molecule has 0 saturated carbocycles. The van der Waals surface area contributed by atoms with Crippen LogP contribution in [0.3, 0.4) is 0 Å². The van der Waals surface area contributed by atoms with Gasteiger partial charge in [-0.15, -0.1) is 5.10 Å². The SMILES string of the molecule is Cc1cc(C)n2nc(C(=O)Nc3ccc(-c4nc5ccccc5o4)cc3)nc2n1. The van der Waals surface area contributed by atoms with Gasteiger partial charge in [-0.3, -0.25) is 4.79 Å². The standard InChI is InChI=1S/C21H16N6O2/c1-12-11-13(2)27-21(22-12)25-18(26-27)19(28)23-15-9-7-14(8-10-15)20-24-16-5-3-4-6-17(16)29-20/h3-11H,1-2H3,(H,23,28). The zero-order valence-corrected chi connectivity index (χ0v) is 15.7. The third-order valence-corrected chi connectivity index (χ3v) is 4.50. The van der Waals surface area contributed by atoms with Crippen LogP contribution in [0.25, 0.3) is 28.3 Å². The number of aryl methyl sites for hydroxylation is 2. The molecule has 0 aliphatic carbocycles. The van der Waals surface area contributed by atoms with Gasteiger partial charge in [-0.1, -0.05) is 12.1 Å². The van der Waals surface area contributed by atoms with E-state index in [9.17, 15) is 4.79 Å². The first-order valence-electron chi connectivity index (χ1n) is 9.05. The minimum absolute atomic E-state index is 0.0641. The number of carbonyl (C=O) groups excluding carboxylic acids is 1. The molecule has 0 atom stereocenters. The van der Waals surface area contributed by atoms with Crippen LogP contribution >= 0.6 is 0 Å². The highest BCUT2D eigenvalue weighted by Gasteiger charge is 2.15. The van der Waals surface area contributed by atoms with Gasteiger partial charge in [0.05, 0.1) is 0 Å². The number of hydrogen-bond acceptors (Lipinski definition) is 6. The van der Waals surface area contributed by atoms with Crippen LogP contribution < -0.4 is 5.32 Å². The Bertz CT molecular complexity index is 1330. The van der Waals surface area contributed by atoms with Crippen molar-refractivity contribution in [3.05, 3.63) is 71.8 Å². The van der Waals surface area contributed by atoms with E-state index in [1.54, 1.807) is 16.6 Å². The van der Waals surface area contributed by atoms with Crippen molar-refractivity contribution in [1.82, 2.24) is 24.6 Å². The zero-order valence-electron chi connectivity index (χ0n) is 15.7. The summed E-state index contributed by atoms with van der Waals surface area (Å²) in [6.45, 7) is 3.77. The highest BCUT2D eigenvalue weighted by molar-refractivity contribution is 6.01. The van der Waals surface area contributed by atoms with E-state index in [-0.39, 0.29) is 5.82 Å². The Hall–Kier alpha value is -4.07. The highest BCUT2D eigenvalue weighted by atomic mass is 16.3. The van der Waals surface area contributed by atoms with Crippen LogP contribution in [0.1, 0.15) is 22.0 Å². The molecular formula is C21H16N6O2. The fourth-order valence-corrected chi connectivity index (χ4v) is 3.14. The first-order chi connectivity index (χ1) is 14.1. The Morgan fingerprint density at radius 2 is 1.79 bits per heavy atom. The molecule has 0 spiro atoms. The van der Waals surface area contributed by atoms with Crippen LogP contribution in [0.2, 0.25) is 0 Å². The Morgan fingerprint density at radius 3 is 2.59 bits per heavy atom. The zero-order chi connectivity index (χ0) is 20.0. The minimum atomic E-state index is -0.401. The lowest BCUT2D eigenvalue weighted by atomic mass is 10.2. The van der Waals surface area contributed by atoms with Gasteiger partial charge in [0, 0.05) is 22.6 Å². The van der Waals surface area contributed by atoms with Gasteiger partial charge in [-0.2, -0.15) is 4.98 Å². The normalized spacial score (nSPS) is 11.2. The molecule has 0 bridgehead atoms. The molecule has 142 valence electrons. The highest BCUT2D eigenvalue weighted by Crippen LogP contribution is 2.25. The van der Waals surface area contributed by atoms with Gasteiger partial charge < -0.3 is 9.73 Å². The number of benzene rings is 2. The smallest absolute Gasteiger partial charge is 0.295 e. The average Bonchev–Trinajstić information content (AvgIpc) is 3.33. The van der Waals surface area contributed by atoms with E-state index in [1.165, 1.54) is 0 Å². The fraction of sp³-hybridized carbons (Fsp3) is 0.0952. The molecular weight excluding hydrogens is 368 g/mol. The van der Waals surface area contributed by atoms with Crippen molar-refractivity contribution in [2.45, 2.75) is 13.8 Å². The maximum atomic E-state index is 12.5. The number of nitrogens with zero attached hydrogens (tertiary/aromatic N) is 5. The maximum absolute atomic E-state index is 12.5. The Kier molecular flexibility index (Phi) is 3.83. The Balaban J connectivity index is 1.38. The molecule has 3 heterocycles. The number of anilines is 1. The summed E-state index contributed by atoms with van der Waals surface area (Å²) in [6.07, 6.45) is 0. The van der Waals surface area contributed by atoms with Gasteiger partial charge in [-0.25, -0.2) is 14.5 Å². The molecule has 0 fully saturated rings. The number of amides is 1. The van der Waals surface area contributed by atoms with Crippen molar-refractivity contribution in [1.29, 1.82) is 0 Å². The number of carbonyl (C=O) groups is 1. The van der Waals surface area contributed by atoms with Crippen LogP contribution in [0.5, 0.6) is 0 Å². The van der Waals surface area contributed by atoms with Crippen molar-refractivity contribution in [2.75, 3.05) is 5.32 Å². The van der Waals surface area contributed by atoms with Crippen LogP contribution in [-0.2, 0) is 0 Å². The Morgan fingerprint density at radius 1 is 1.00 bits per heavy atom. The molecule has 0 aliphatic rings. The molecule has 0 aliphatic heterocycles. The summed E-state index contributed by atoms with van der Waals surface area (Å²) in [5.41, 5.74) is 4.66. The minimum Gasteiger partial charge on any atom is -0.436 e. The second-order valence-corrected chi connectivity index (χ2v) is 6.70. The predicted molar refractivity (Wildman–Crippen MR) is 108 cm³/mol. The molecule has 1 amide bonds. The third kappa shape index (κ3) is 3.10. The van der Waals surface area contributed by atoms with E-state index in [4.69, 9.17) is 4.42 Å².